The first-order valence-corrected chi connectivity index (χ1v) is 14.1. The summed E-state index contributed by atoms with van der Waals surface area (Å²) in [5.74, 6) is -2.15. The lowest BCUT2D eigenvalue weighted by molar-refractivity contribution is -0.129. The van der Waals surface area contributed by atoms with Gasteiger partial charge in [-0.15, -0.1) is 0 Å². The fourth-order valence-electron chi connectivity index (χ4n) is 5.29. The molecule has 39 heavy (non-hydrogen) atoms. The number of hydrogen-bond donors (Lipinski definition) is 1. The summed E-state index contributed by atoms with van der Waals surface area (Å²) in [6, 6.07) is 11.5. The van der Waals surface area contributed by atoms with Gasteiger partial charge in [-0.1, -0.05) is 53.4 Å². The Bertz CT molecular complexity index is 1480. The zero-order chi connectivity index (χ0) is 27.7. The summed E-state index contributed by atoms with van der Waals surface area (Å²) in [5, 5.41) is 2.89. The van der Waals surface area contributed by atoms with Crippen LogP contribution in [0.2, 0.25) is 5.02 Å². The average Bonchev–Trinajstić information content (AvgIpc) is 2.91. The van der Waals surface area contributed by atoms with Gasteiger partial charge in [-0.3, -0.25) is 14.6 Å². The maximum atomic E-state index is 14.7. The topological polar surface area (TPSA) is 62.3 Å². The van der Waals surface area contributed by atoms with Gasteiger partial charge in [-0.05, 0) is 66.8 Å². The first-order chi connectivity index (χ1) is 18.7. The Morgan fingerprint density at radius 2 is 1.87 bits per heavy atom. The monoisotopic (exact) mass is 613 g/mol. The van der Waals surface area contributed by atoms with Crippen molar-refractivity contribution in [1.82, 2.24) is 9.88 Å². The van der Waals surface area contributed by atoms with Gasteiger partial charge in [0.15, 0.2) is 5.82 Å². The minimum absolute atomic E-state index is 0.0382. The third-order valence-corrected chi connectivity index (χ3v) is 8.21. The van der Waals surface area contributed by atoms with Crippen molar-refractivity contribution in [2.45, 2.75) is 45.1 Å². The number of nitrogens with one attached hydrogen (secondary N) is 1. The van der Waals surface area contributed by atoms with E-state index in [1.54, 1.807) is 11.1 Å². The van der Waals surface area contributed by atoms with Crippen molar-refractivity contribution in [3.8, 4) is 11.1 Å². The minimum atomic E-state index is -0.858. The van der Waals surface area contributed by atoms with Gasteiger partial charge in [-0.2, -0.15) is 0 Å². The van der Waals surface area contributed by atoms with Crippen LogP contribution in [0.1, 0.15) is 56.3 Å². The number of benzene rings is 2. The number of amides is 2. The number of rotatable bonds is 2. The Balaban J connectivity index is 1.52. The number of carbonyl (C=O) groups is 2. The molecular formula is C30H27BrClF2N3O2. The molecule has 2 aliphatic rings. The Hall–Kier alpha value is -3.10. The van der Waals surface area contributed by atoms with Crippen molar-refractivity contribution in [2.24, 2.45) is 5.92 Å². The van der Waals surface area contributed by atoms with Crippen LogP contribution in [0.25, 0.3) is 16.7 Å². The molecule has 2 bridgehead atoms. The van der Waals surface area contributed by atoms with Gasteiger partial charge in [0.2, 0.25) is 11.8 Å². The lowest BCUT2D eigenvalue weighted by Crippen LogP contribution is -2.38. The fraction of sp³-hybridized carbons (Fsp3) is 0.300. The van der Waals surface area contributed by atoms with Gasteiger partial charge >= 0.3 is 0 Å². The highest BCUT2D eigenvalue weighted by molar-refractivity contribution is 9.10. The number of aromatic nitrogens is 1. The lowest BCUT2D eigenvalue weighted by atomic mass is 9.94. The van der Waals surface area contributed by atoms with E-state index >= 15 is 0 Å². The molecule has 2 atom stereocenters. The van der Waals surface area contributed by atoms with Crippen LogP contribution in [0, 0.1) is 17.6 Å². The number of hydrogen-bond acceptors (Lipinski definition) is 3. The van der Waals surface area contributed by atoms with Crippen LogP contribution in [-0.2, 0) is 9.59 Å². The summed E-state index contributed by atoms with van der Waals surface area (Å²) in [5.41, 5.74) is 3.17. The molecule has 3 aromatic rings. The largest absolute Gasteiger partial charge is 0.330 e. The van der Waals surface area contributed by atoms with Crippen molar-refractivity contribution < 1.29 is 18.4 Å². The number of fused-ring (bicyclic) bond motifs is 4. The van der Waals surface area contributed by atoms with Crippen LogP contribution in [0.3, 0.4) is 0 Å². The van der Waals surface area contributed by atoms with Crippen molar-refractivity contribution in [1.29, 1.82) is 0 Å². The SMILES string of the molecule is C[C@@H]1CCCC[C@H](N2CCC(c3c(F)ccc(Cl)c3F)=CC2=O)c2cc(ccn2)-c2ccc(Br)cc2NC1=O. The van der Waals surface area contributed by atoms with Gasteiger partial charge in [0.1, 0.15) is 5.82 Å². The molecule has 2 aromatic carbocycles. The fourth-order valence-corrected chi connectivity index (χ4v) is 5.81. The van der Waals surface area contributed by atoms with Crippen LogP contribution >= 0.6 is 27.5 Å². The molecule has 0 unspecified atom stereocenters. The van der Waals surface area contributed by atoms with E-state index in [4.69, 9.17) is 11.6 Å². The van der Waals surface area contributed by atoms with Gasteiger partial charge < -0.3 is 10.2 Å². The second kappa shape index (κ2) is 11.6. The molecule has 0 saturated carbocycles. The highest BCUT2D eigenvalue weighted by Gasteiger charge is 2.31. The molecule has 0 spiro atoms. The van der Waals surface area contributed by atoms with Crippen molar-refractivity contribution in [2.75, 3.05) is 11.9 Å². The normalized spacial score (nSPS) is 20.2. The summed E-state index contributed by atoms with van der Waals surface area (Å²) in [7, 11) is 0. The molecule has 0 fully saturated rings. The summed E-state index contributed by atoms with van der Waals surface area (Å²) in [6.07, 6.45) is 6.24. The zero-order valence-electron chi connectivity index (χ0n) is 21.3. The van der Waals surface area contributed by atoms with E-state index in [1.165, 1.54) is 12.1 Å². The third kappa shape index (κ3) is 5.77. The van der Waals surface area contributed by atoms with E-state index in [1.807, 2.05) is 37.3 Å². The summed E-state index contributed by atoms with van der Waals surface area (Å²) in [6.45, 7) is 2.20. The predicted octanol–water partition coefficient (Wildman–Crippen LogP) is 7.95. The van der Waals surface area contributed by atoms with E-state index < -0.39 is 11.6 Å². The molecule has 0 aliphatic carbocycles. The molecular weight excluding hydrogens is 588 g/mol. The van der Waals surface area contributed by atoms with Crippen molar-refractivity contribution in [3.05, 3.63) is 87.1 Å². The van der Waals surface area contributed by atoms with Gasteiger partial charge in [0.25, 0.3) is 0 Å². The van der Waals surface area contributed by atoms with Gasteiger partial charge in [0, 0.05) is 40.5 Å². The molecule has 5 rings (SSSR count). The average molecular weight is 615 g/mol. The smallest absolute Gasteiger partial charge is 0.247 e. The second-order valence-electron chi connectivity index (χ2n) is 10.0. The number of nitrogens with zero attached hydrogens (tertiary/aromatic N) is 2. The van der Waals surface area contributed by atoms with Crippen molar-refractivity contribution in [3.63, 3.8) is 0 Å². The summed E-state index contributed by atoms with van der Waals surface area (Å²) < 4.78 is 30.1. The third-order valence-electron chi connectivity index (χ3n) is 7.43. The van der Waals surface area contributed by atoms with E-state index in [0.29, 0.717) is 18.5 Å². The maximum Gasteiger partial charge on any atom is 0.247 e. The number of anilines is 1. The number of halogens is 4. The van der Waals surface area contributed by atoms with E-state index in [-0.39, 0.29) is 52.9 Å². The predicted molar refractivity (Wildman–Crippen MR) is 152 cm³/mol. The minimum Gasteiger partial charge on any atom is -0.330 e. The number of pyridine rings is 1. The van der Waals surface area contributed by atoms with E-state index in [0.717, 1.165) is 40.2 Å². The molecule has 2 amide bonds. The molecule has 0 saturated heterocycles. The Morgan fingerprint density at radius 1 is 1.08 bits per heavy atom. The van der Waals surface area contributed by atoms with Crippen LogP contribution < -0.4 is 5.32 Å². The standard InChI is InChI=1S/C30H27BrClF2N3O2/c1-17-4-2-3-5-26(37-13-11-19(15-27(37)38)28-23(33)9-8-22(32)29(28)34)25-14-18(10-12-35-25)21-7-6-20(31)16-24(21)36-30(17)39/h6-10,12,14-17,26H,2-5,11,13H2,1H3,(H,36,39)/t17-,26+/m1/s1. The summed E-state index contributed by atoms with van der Waals surface area (Å²) >= 11 is 9.39. The van der Waals surface area contributed by atoms with Crippen molar-refractivity contribution >= 4 is 50.6 Å². The van der Waals surface area contributed by atoms with E-state index in [2.05, 4.69) is 26.2 Å². The zero-order valence-corrected chi connectivity index (χ0v) is 23.7. The highest BCUT2D eigenvalue weighted by Crippen LogP contribution is 2.37. The van der Waals surface area contributed by atoms with Crippen LogP contribution in [0.5, 0.6) is 0 Å². The molecule has 202 valence electrons. The highest BCUT2D eigenvalue weighted by atomic mass is 79.9. The number of carbonyl (C=O) groups excluding carboxylic acids is 2. The molecule has 5 nitrogen and oxygen atoms in total. The quantitative estimate of drug-likeness (QED) is 0.298. The molecule has 3 heterocycles. The molecule has 9 heteroatoms. The molecule has 1 aromatic heterocycles. The van der Waals surface area contributed by atoms with Crippen LogP contribution in [0.4, 0.5) is 14.5 Å². The second-order valence-corrected chi connectivity index (χ2v) is 11.3. The molecule has 2 aliphatic heterocycles. The first kappa shape index (κ1) is 27.5. The van der Waals surface area contributed by atoms with Crippen LogP contribution in [-0.4, -0.2) is 28.2 Å². The Morgan fingerprint density at radius 3 is 2.67 bits per heavy atom. The van der Waals surface area contributed by atoms with Gasteiger partial charge in [-0.25, -0.2) is 8.78 Å². The van der Waals surface area contributed by atoms with Crippen LogP contribution in [0.15, 0.2) is 59.2 Å². The van der Waals surface area contributed by atoms with Gasteiger partial charge in [0.05, 0.1) is 22.3 Å². The maximum absolute atomic E-state index is 14.7. The molecule has 1 N–H and O–H groups in total. The first-order valence-electron chi connectivity index (χ1n) is 12.9. The lowest BCUT2D eigenvalue weighted by Gasteiger charge is -2.34. The Labute approximate surface area is 239 Å². The molecule has 0 radical (unpaired) electrons. The summed E-state index contributed by atoms with van der Waals surface area (Å²) in [4.78, 5) is 32.7. The van der Waals surface area contributed by atoms with E-state index in [9.17, 15) is 18.4 Å². The Kier molecular flexibility index (Phi) is 8.14.